The van der Waals surface area contributed by atoms with Crippen molar-refractivity contribution in [1.82, 2.24) is 9.97 Å². The summed E-state index contributed by atoms with van der Waals surface area (Å²) in [6.07, 6.45) is 4.67. The molecule has 0 aliphatic carbocycles. The third kappa shape index (κ3) is 4.12. The summed E-state index contributed by atoms with van der Waals surface area (Å²) in [4.78, 5) is 21.2. The Labute approximate surface area is 158 Å². The first kappa shape index (κ1) is 18.5. The van der Waals surface area contributed by atoms with E-state index < -0.39 is 0 Å². The van der Waals surface area contributed by atoms with Crippen molar-refractivity contribution in [2.24, 2.45) is 0 Å². The number of carbonyl (C=O) groups is 1. The van der Waals surface area contributed by atoms with Crippen LogP contribution in [0.4, 0.5) is 11.4 Å². The zero-order valence-corrected chi connectivity index (χ0v) is 15.5. The molecule has 3 N–H and O–H groups in total. The minimum Gasteiger partial charge on any atom is -0.322 e. The fourth-order valence-corrected chi connectivity index (χ4v) is 2.74. The number of hydrogen-bond acceptors (Lipinski definition) is 5. The van der Waals surface area contributed by atoms with E-state index >= 15 is 0 Å². The molecule has 6 heteroatoms. The molecule has 1 aromatic carbocycles. The summed E-state index contributed by atoms with van der Waals surface area (Å²) in [6.45, 7) is 6.42. The van der Waals surface area contributed by atoms with Crippen molar-refractivity contribution in [2.45, 2.75) is 26.2 Å². The summed E-state index contributed by atoms with van der Waals surface area (Å²) in [5.41, 5.74) is 5.87. The van der Waals surface area contributed by atoms with Crippen LogP contribution in [-0.2, 0) is 5.41 Å². The van der Waals surface area contributed by atoms with Crippen molar-refractivity contribution in [2.75, 3.05) is 10.8 Å². The van der Waals surface area contributed by atoms with Gasteiger partial charge in [0, 0.05) is 29.8 Å². The second-order valence-electron chi connectivity index (χ2n) is 7.21. The van der Waals surface area contributed by atoms with Crippen LogP contribution in [0.25, 0.3) is 11.3 Å². The molecule has 0 unspecified atom stereocenters. The molecule has 0 spiro atoms. The Kier molecular flexibility index (Phi) is 5.19. The first-order valence-corrected chi connectivity index (χ1v) is 8.61. The molecule has 0 saturated heterocycles. The Morgan fingerprint density at radius 2 is 1.78 bits per heavy atom. The highest BCUT2D eigenvalue weighted by atomic mass is 16.5. The van der Waals surface area contributed by atoms with Gasteiger partial charge in [-0.05, 0) is 41.3 Å². The summed E-state index contributed by atoms with van der Waals surface area (Å²) in [5, 5.41) is 12.2. The van der Waals surface area contributed by atoms with E-state index in [2.05, 4.69) is 41.5 Å². The van der Waals surface area contributed by atoms with Gasteiger partial charge in [-0.25, -0.2) is 0 Å². The molecule has 0 aliphatic rings. The number of rotatable bonds is 4. The Morgan fingerprint density at radius 3 is 2.44 bits per heavy atom. The summed E-state index contributed by atoms with van der Waals surface area (Å²) in [5.74, 6) is -0.295. The van der Waals surface area contributed by atoms with Crippen LogP contribution < -0.4 is 10.8 Å². The van der Waals surface area contributed by atoms with Crippen molar-refractivity contribution in [3.05, 3.63) is 72.2 Å². The summed E-state index contributed by atoms with van der Waals surface area (Å²) < 4.78 is 0. The Hall–Kier alpha value is -3.25. The number of nitrogens with one attached hydrogen (secondary N) is 2. The van der Waals surface area contributed by atoms with Gasteiger partial charge in [0.15, 0.2) is 0 Å². The lowest BCUT2D eigenvalue weighted by Crippen LogP contribution is -2.15. The van der Waals surface area contributed by atoms with Gasteiger partial charge < -0.3 is 5.32 Å². The molecule has 138 valence electrons. The fraction of sp³-hybridized carbons (Fsp3) is 0.190. The normalized spacial score (nSPS) is 11.1. The van der Waals surface area contributed by atoms with Crippen molar-refractivity contribution < 1.29 is 10.0 Å². The second kappa shape index (κ2) is 7.55. The minimum atomic E-state index is -0.295. The van der Waals surface area contributed by atoms with Crippen LogP contribution in [-0.4, -0.2) is 21.1 Å². The van der Waals surface area contributed by atoms with E-state index in [1.807, 2.05) is 24.3 Å². The highest BCUT2D eigenvalue weighted by Gasteiger charge is 2.17. The maximum Gasteiger partial charge on any atom is 0.257 e. The molecule has 1 amide bonds. The van der Waals surface area contributed by atoms with Crippen LogP contribution in [0.5, 0.6) is 0 Å². The predicted octanol–water partition coefficient (Wildman–Crippen LogP) is 4.49. The van der Waals surface area contributed by atoms with Crippen molar-refractivity contribution in [3.63, 3.8) is 0 Å². The molecule has 27 heavy (non-hydrogen) atoms. The molecule has 3 aromatic rings. The first-order valence-electron chi connectivity index (χ1n) is 8.61. The number of nitrogens with zero attached hydrogens (tertiary/aromatic N) is 2. The van der Waals surface area contributed by atoms with E-state index in [1.54, 1.807) is 30.6 Å². The van der Waals surface area contributed by atoms with Gasteiger partial charge in [0.1, 0.15) is 0 Å². The van der Waals surface area contributed by atoms with Gasteiger partial charge in [0.25, 0.3) is 5.91 Å². The molecule has 0 atom stereocenters. The van der Waals surface area contributed by atoms with Crippen LogP contribution in [0.3, 0.4) is 0 Å². The van der Waals surface area contributed by atoms with E-state index in [0.29, 0.717) is 28.2 Å². The quantitative estimate of drug-likeness (QED) is 0.595. The highest BCUT2D eigenvalue weighted by molar-refractivity contribution is 6.08. The molecule has 2 heterocycles. The third-order valence-corrected chi connectivity index (χ3v) is 4.26. The number of amides is 1. The Bertz CT molecular complexity index is 947. The molecule has 2 aromatic heterocycles. The summed E-state index contributed by atoms with van der Waals surface area (Å²) >= 11 is 0. The Morgan fingerprint density at radius 1 is 1.04 bits per heavy atom. The van der Waals surface area contributed by atoms with Crippen LogP contribution in [0.2, 0.25) is 0 Å². The summed E-state index contributed by atoms with van der Waals surface area (Å²) in [7, 11) is 0. The van der Waals surface area contributed by atoms with Gasteiger partial charge in [0.05, 0.1) is 16.9 Å². The third-order valence-electron chi connectivity index (χ3n) is 4.26. The predicted molar refractivity (Wildman–Crippen MR) is 106 cm³/mol. The highest BCUT2D eigenvalue weighted by Crippen LogP contribution is 2.28. The molecular weight excluding hydrogens is 340 g/mol. The van der Waals surface area contributed by atoms with Gasteiger partial charge in [0.2, 0.25) is 0 Å². The zero-order chi connectivity index (χ0) is 19.4. The van der Waals surface area contributed by atoms with Gasteiger partial charge in [-0.15, -0.1) is 0 Å². The van der Waals surface area contributed by atoms with Crippen molar-refractivity contribution in [1.29, 1.82) is 0 Å². The Balaban J connectivity index is 1.90. The van der Waals surface area contributed by atoms with Gasteiger partial charge in [-0.1, -0.05) is 32.9 Å². The van der Waals surface area contributed by atoms with E-state index in [4.69, 9.17) is 0 Å². The zero-order valence-electron chi connectivity index (χ0n) is 15.5. The number of benzene rings is 1. The number of aromatic nitrogens is 2. The van der Waals surface area contributed by atoms with Crippen molar-refractivity contribution in [3.8, 4) is 11.3 Å². The first-order chi connectivity index (χ1) is 12.9. The molecule has 0 bridgehead atoms. The van der Waals surface area contributed by atoms with E-state index in [1.165, 1.54) is 11.8 Å². The number of pyridine rings is 2. The summed E-state index contributed by atoms with van der Waals surface area (Å²) in [6, 6.07) is 12.8. The maximum atomic E-state index is 12.8. The van der Waals surface area contributed by atoms with E-state index in [0.717, 1.165) is 0 Å². The lowest BCUT2D eigenvalue weighted by molar-refractivity contribution is 0.102. The topological polar surface area (TPSA) is 87.1 Å². The van der Waals surface area contributed by atoms with Crippen LogP contribution >= 0.6 is 0 Å². The maximum absolute atomic E-state index is 12.8. The lowest BCUT2D eigenvalue weighted by atomic mass is 9.87. The van der Waals surface area contributed by atoms with E-state index in [-0.39, 0.29) is 11.3 Å². The van der Waals surface area contributed by atoms with Crippen LogP contribution in [0.1, 0.15) is 36.7 Å². The van der Waals surface area contributed by atoms with Gasteiger partial charge in [-0.2, -0.15) is 0 Å². The number of hydrogen-bond donors (Lipinski definition) is 3. The smallest absolute Gasteiger partial charge is 0.257 e. The number of anilines is 2. The minimum absolute atomic E-state index is 0.0474. The van der Waals surface area contributed by atoms with Crippen LogP contribution in [0.15, 0.2) is 61.1 Å². The van der Waals surface area contributed by atoms with Crippen LogP contribution in [0, 0.1) is 0 Å². The van der Waals surface area contributed by atoms with E-state index in [9.17, 15) is 10.0 Å². The van der Waals surface area contributed by atoms with Gasteiger partial charge in [-0.3, -0.25) is 25.4 Å². The molecule has 6 nitrogen and oxygen atoms in total. The number of carbonyl (C=O) groups excluding carboxylic acids is 1. The molecule has 0 fully saturated rings. The average molecular weight is 362 g/mol. The van der Waals surface area contributed by atoms with Gasteiger partial charge >= 0.3 is 0 Å². The molecular formula is C21H22N4O2. The largest absolute Gasteiger partial charge is 0.322 e. The van der Waals surface area contributed by atoms with Crippen molar-refractivity contribution >= 4 is 17.3 Å². The standard InChI is InChI=1S/C21H22N4O2/c1-21(2,3)14-6-8-15(9-7-14)24-20(26)17-13-22-12-10-16(17)19-18(25-27)5-4-11-23-19/h4-13,25,27H,1-3H3,(H,24,26). The SMILES string of the molecule is CC(C)(C)c1ccc(NC(=O)c2cnccc2-c2ncccc2NO)cc1. The molecule has 0 aliphatic heterocycles. The molecule has 0 saturated carbocycles. The second-order valence-corrected chi connectivity index (χ2v) is 7.21. The lowest BCUT2D eigenvalue weighted by Gasteiger charge is -2.19. The fourth-order valence-electron chi connectivity index (χ4n) is 2.74. The monoisotopic (exact) mass is 362 g/mol. The molecule has 0 radical (unpaired) electrons. The molecule has 3 rings (SSSR count). The average Bonchev–Trinajstić information content (AvgIpc) is 2.67.